The predicted octanol–water partition coefficient (Wildman–Crippen LogP) is 2.02. The maximum Gasteiger partial charge on any atom is 0.222 e. The van der Waals surface area contributed by atoms with Gasteiger partial charge in [0.15, 0.2) is 0 Å². The minimum atomic E-state index is 0.366. The molecule has 98 valence electrons. The van der Waals surface area contributed by atoms with Crippen LogP contribution in [0.5, 0.6) is 0 Å². The lowest BCUT2D eigenvalue weighted by Gasteiger charge is -2.27. The second-order valence-corrected chi connectivity index (χ2v) is 5.98. The van der Waals surface area contributed by atoms with Gasteiger partial charge in [-0.25, -0.2) is 0 Å². The molecule has 0 spiro atoms. The van der Waals surface area contributed by atoms with Gasteiger partial charge in [-0.05, 0) is 64.5 Å². The molecule has 1 saturated heterocycles. The summed E-state index contributed by atoms with van der Waals surface area (Å²) in [6.07, 6.45) is 5.71. The van der Waals surface area contributed by atoms with Crippen molar-refractivity contribution in [3.63, 3.8) is 0 Å². The quantitative estimate of drug-likeness (QED) is 0.768. The SMILES string of the molecule is CC(C)N(CC1CC1)C(=O)CCC1CCNC1. The molecule has 1 aliphatic heterocycles. The molecule has 0 radical (unpaired) electrons. The minimum Gasteiger partial charge on any atom is -0.340 e. The Labute approximate surface area is 105 Å². The Morgan fingerprint density at radius 3 is 2.59 bits per heavy atom. The number of carbonyl (C=O) groups excluding carboxylic acids is 1. The van der Waals surface area contributed by atoms with Crippen LogP contribution >= 0.6 is 0 Å². The number of carbonyl (C=O) groups is 1. The Bertz CT molecular complexity index is 255. The third-order valence-electron chi connectivity index (χ3n) is 4.02. The van der Waals surface area contributed by atoms with E-state index in [-0.39, 0.29) is 0 Å². The van der Waals surface area contributed by atoms with Crippen LogP contribution in [0.15, 0.2) is 0 Å². The fraction of sp³-hybridized carbons (Fsp3) is 0.929. The van der Waals surface area contributed by atoms with Gasteiger partial charge in [-0.3, -0.25) is 4.79 Å². The average molecular weight is 238 g/mol. The predicted molar refractivity (Wildman–Crippen MR) is 69.8 cm³/mol. The summed E-state index contributed by atoms with van der Waals surface area (Å²) in [6.45, 7) is 7.51. The highest BCUT2D eigenvalue weighted by molar-refractivity contribution is 5.76. The summed E-state index contributed by atoms with van der Waals surface area (Å²) in [7, 11) is 0. The fourth-order valence-electron chi connectivity index (χ4n) is 2.61. The van der Waals surface area contributed by atoms with Crippen LogP contribution in [0, 0.1) is 11.8 Å². The third-order valence-corrected chi connectivity index (χ3v) is 4.02. The van der Waals surface area contributed by atoms with Gasteiger partial charge in [0.25, 0.3) is 0 Å². The van der Waals surface area contributed by atoms with Crippen molar-refractivity contribution in [3.05, 3.63) is 0 Å². The lowest BCUT2D eigenvalue weighted by Crippen LogP contribution is -2.38. The monoisotopic (exact) mass is 238 g/mol. The first-order valence-electron chi connectivity index (χ1n) is 7.17. The van der Waals surface area contributed by atoms with Crippen LogP contribution in [0.25, 0.3) is 0 Å². The molecule has 1 atom stereocenters. The summed E-state index contributed by atoms with van der Waals surface area (Å²) in [5.74, 6) is 1.90. The van der Waals surface area contributed by atoms with Crippen LogP contribution in [0.3, 0.4) is 0 Å². The minimum absolute atomic E-state index is 0.366. The largest absolute Gasteiger partial charge is 0.340 e. The van der Waals surface area contributed by atoms with Crippen molar-refractivity contribution in [2.45, 2.75) is 52.0 Å². The lowest BCUT2D eigenvalue weighted by atomic mass is 10.0. The normalized spacial score (nSPS) is 24.3. The van der Waals surface area contributed by atoms with Gasteiger partial charge in [-0.15, -0.1) is 0 Å². The first kappa shape index (κ1) is 12.9. The van der Waals surface area contributed by atoms with Crippen LogP contribution in [0.1, 0.15) is 46.0 Å². The van der Waals surface area contributed by atoms with Gasteiger partial charge < -0.3 is 10.2 Å². The summed E-state index contributed by atoms with van der Waals surface area (Å²) in [5.41, 5.74) is 0. The van der Waals surface area contributed by atoms with Crippen molar-refractivity contribution in [2.24, 2.45) is 11.8 Å². The molecular weight excluding hydrogens is 212 g/mol. The highest BCUT2D eigenvalue weighted by atomic mass is 16.2. The first-order valence-corrected chi connectivity index (χ1v) is 7.17. The van der Waals surface area contributed by atoms with Gasteiger partial charge in [0.2, 0.25) is 5.91 Å². The van der Waals surface area contributed by atoms with E-state index in [0.29, 0.717) is 11.9 Å². The summed E-state index contributed by atoms with van der Waals surface area (Å²) in [6, 6.07) is 0.366. The molecule has 1 saturated carbocycles. The molecule has 3 nitrogen and oxygen atoms in total. The Morgan fingerprint density at radius 2 is 2.06 bits per heavy atom. The van der Waals surface area contributed by atoms with E-state index < -0.39 is 0 Å². The average Bonchev–Trinajstić information content (AvgIpc) is 2.96. The van der Waals surface area contributed by atoms with Gasteiger partial charge in [0.05, 0.1) is 0 Å². The Kier molecular flexibility index (Phi) is 4.43. The highest BCUT2D eigenvalue weighted by Crippen LogP contribution is 2.30. The van der Waals surface area contributed by atoms with Crippen LogP contribution in [-0.4, -0.2) is 36.5 Å². The van der Waals surface area contributed by atoms with E-state index in [0.717, 1.165) is 44.3 Å². The van der Waals surface area contributed by atoms with Crippen molar-refractivity contribution in [1.82, 2.24) is 10.2 Å². The van der Waals surface area contributed by atoms with Crippen LogP contribution in [0.4, 0.5) is 0 Å². The fourth-order valence-corrected chi connectivity index (χ4v) is 2.61. The molecule has 2 rings (SSSR count). The first-order chi connectivity index (χ1) is 8.16. The van der Waals surface area contributed by atoms with E-state index in [2.05, 4.69) is 24.1 Å². The zero-order chi connectivity index (χ0) is 12.3. The van der Waals surface area contributed by atoms with Crippen LogP contribution < -0.4 is 5.32 Å². The van der Waals surface area contributed by atoms with Crippen molar-refractivity contribution in [1.29, 1.82) is 0 Å². The van der Waals surface area contributed by atoms with E-state index in [1.54, 1.807) is 0 Å². The van der Waals surface area contributed by atoms with Crippen LogP contribution in [-0.2, 0) is 4.79 Å². The molecule has 1 N–H and O–H groups in total. The maximum atomic E-state index is 12.2. The lowest BCUT2D eigenvalue weighted by molar-refractivity contribution is -0.133. The summed E-state index contributed by atoms with van der Waals surface area (Å²) >= 11 is 0. The molecule has 0 aromatic carbocycles. The molecule has 0 aromatic rings. The maximum absolute atomic E-state index is 12.2. The number of amides is 1. The summed E-state index contributed by atoms with van der Waals surface area (Å²) < 4.78 is 0. The highest BCUT2D eigenvalue weighted by Gasteiger charge is 2.28. The van der Waals surface area contributed by atoms with E-state index in [4.69, 9.17) is 0 Å². The van der Waals surface area contributed by atoms with Crippen LogP contribution in [0.2, 0.25) is 0 Å². The van der Waals surface area contributed by atoms with Crippen molar-refractivity contribution < 1.29 is 4.79 Å². The molecule has 1 aliphatic carbocycles. The summed E-state index contributed by atoms with van der Waals surface area (Å²) in [4.78, 5) is 14.3. The molecule has 1 heterocycles. The Hall–Kier alpha value is -0.570. The molecule has 3 heteroatoms. The van der Waals surface area contributed by atoms with Crippen molar-refractivity contribution in [2.75, 3.05) is 19.6 Å². The molecule has 0 aromatic heterocycles. The van der Waals surface area contributed by atoms with E-state index in [1.807, 2.05) is 0 Å². The Balaban J connectivity index is 1.74. The zero-order valence-electron chi connectivity index (χ0n) is 11.2. The number of hydrogen-bond acceptors (Lipinski definition) is 2. The number of rotatable bonds is 6. The second-order valence-electron chi connectivity index (χ2n) is 5.98. The second kappa shape index (κ2) is 5.85. The summed E-state index contributed by atoms with van der Waals surface area (Å²) in [5, 5.41) is 3.37. The van der Waals surface area contributed by atoms with E-state index >= 15 is 0 Å². The Morgan fingerprint density at radius 1 is 1.29 bits per heavy atom. The molecule has 1 amide bonds. The molecule has 0 bridgehead atoms. The third kappa shape index (κ3) is 3.98. The number of hydrogen-bond donors (Lipinski definition) is 1. The van der Waals surface area contributed by atoms with Gasteiger partial charge in [0.1, 0.15) is 0 Å². The molecule has 1 unspecified atom stereocenters. The molecular formula is C14H26N2O. The van der Waals surface area contributed by atoms with Crippen molar-refractivity contribution in [3.8, 4) is 0 Å². The topological polar surface area (TPSA) is 32.3 Å². The van der Waals surface area contributed by atoms with Gasteiger partial charge >= 0.3 is 0 Å². The van der Waals surface area contributed by atoms with E-state index in [9.17, 15) is 4.79 Å². The van der Waals surface area contributed by atoms with Gasteiger partial charge in [0, 0.05) is 19.0 Å². The van der Waals surface area contributed by atoms with Gasteiger partial charge in [-0.2, -0.15) is 0 Å². The van der Waals surface area contributed by atoms with Crippen molar-refractivity contribution >= 4 is 5.91 Å². The molecule has 2 fully saturated rings. The molecule has 2 aliphatic rings. The standard InChI is InChI=1S/C14H26N2O/c1-11(2)16(10-13-3-4-13)14(17)6-5-12-7-8-15-9-12/h11-13,15H,3-10H2,1-2H3. The van der Waals surface area contributed by atoms with E-state index in [1.165, 1.54) is 19.3 Å². The smallest absolute Gasteiger partial charge is 0.222 e. The number of nitrogens with zero attached hydrogens (tertiary/aromatic N) is 1. The molecule has 17 heavy (non-hydrogen) atoms. The zero-order valence-corrected chi connectivity index (χ0v) is 11.2. The van der Waals surface area contributed by atoms with Gasteiger partial charge in [-0.1, -0.05) is 0 Å². The number of nitrogens with one attached hydrogen (secondary N) is 1.